The second kappa shape index (κ2) is 4.14. The number of aryl methyl sites for hydroxylation is 1. The Bertz CT molecular complexity index is 499. The third-order valence-corrected chi connectivity index (χ3v) is 1.94. The highest BCUT2D eigenvalue weighted by Gasteiger charge is 2.03. The molecule has 16 heavy (non-hydrogen) atoms. The maximum Gasteiger partial charge on any atom is 0.321 e. The van der Waals surface area contributed by atoms with E-state index in [9.17, 15) is 4.39 Å². The maximum atomic E-state index is 13.1. The van der Waals surface area contributed by atoms with Crippen LogP contribution in [0.4, 0.5) is 10.1 Å². The lowest BCUT2D eigenvalue weighted by molar-refractivity contribution is 0.437. The van der Waals surface area contributed by atoms with E-state index in [-0.39, 0.29) is 11.7 Å². The number of ether oxygens (including phenoxy) is 1. The topological polar surface area (TPSA) is 61.0 Å². The number of nitrogen functional groups attached to an aromatic ring is 1. The van der Waals surface area contributed by atoms with Crippen molar-refractivity contribution in [3.63, 3.8) is 0 Å². The van der Waals surface area contributed by atoms with Crippen LogP contribution in [0.5, 0.6) is 11.8 Å². The molecule has 0 fully saturated rings. The van der Waals surface area contributed by atoms with E-state index >= 15 is 0 Å². The summed E-state index contributed by atoms with van der Waals surface area (Å²) in [5.74, 6) is -0.208. The van der Waals surface area contributed by atoms with Crippen LogP contribution in [0.15, 0.2) is 30.6 Å². The summed E-state index contributed by atoms with van der Waals surface area (Å²) in [7, 11) is 0. The lowest BCUT2D eigenvalue weighted by Gasteiger charge is -2.04. The highest BCUT2D eigenvalue weighted by molar-refractivity contribution is 5.43. The van der Waals surface area contributed by atoms with Gasteiger partial charge in [-0.1, -0.05) is 0 Å². The van der Waals surface area contributed by atoms with Gasteiger partial charge in [-0.15, -0.1) is 0 Å². The van der Waals surface area contributed by atoms with Gasteiger partial charge in [0.05, 0.1) is 5.69 Å². The molecule has 0 aliphatic heterocycles. The Labute approximate surface area is 91.9 Å². The normalized spacial score (nSPS) is 10.1. The number of hydrogen-bond acceptors (Lipinski definition) is 4. The van der Waals surface area contributed by atoms with Gasteiger partial charge >= 0.3 is 6.01 Å². The Morgan fingerprint density at radius 2 is 1.94 bits per heavy atom. The number of rotatable bonds is 2. The molecule has 2 aromatic rings. The molecule has 5 heteroatoms. The van der Waals surface area contributed by atoms with Crippen molar-refractivity contribution in [2.24, 2.45) is 0 Å². The number of nitrogens with zero attached hydrogens (tertiary/aromatic N) is 2. The maximum absolute atomic E-state index is 13.1. The molecule has 1 heterocycles. The molecule has 0 aliphatic rings. The number of aromatic nitrogens is 2. The second-order valence-corrected chi connectivity index (χ2v) is 3.33. The minimum absolute atomic E-state index is 0.0807. The van der Waals surface area contributed by atoms with Crippen molar-refractivity contribution in [3.05, 3.63) is 42.0 Å². The van der Waals surface area contributed by atoms with Gasteiger partial charge in [0.2, 0.25) is 0 Å². The van der Waals surface area contributed by atoms with E-state index in [0.29, 0.717) is 5.75 Å². The number of anilines is 1. The fraction of sp³-hybridized carbons (Fsp3) is 0.0909. The van der Waals surface area contributed by atoms with Gasteiger partial charge in [0.25, 0.3) is 0 Å². The van der Waals surface area contributed by atoms with Crippen LogP contribution in [0.25, 0.3) is 0 Å². The largest absolute Gasteiger partial charge is 0.424 e. The van der Waals surface area contributed by atoms with Crippen molar-refractivity contribution < 1.29 is 9.13 Å². The van der Waals surface area contributed by atoms with Crippen molar-refractivity contribution >= 4 is 5.69 Å². The molecule has 0 aliphatic carbocycles. The quantitative estimate of drug-likeness (QED) is 0.787. The Morgan fingerprint density at radius 3 is 2.56 bits per heavy atom. The van der Waals surface area contributed by atoms with Crippen molar-refractivity contribution in [1.29, 1.82) is 0 Å². The number of benzene rings is 1. The molecule has 0 atom stereocenters. The number of hydrogen-bond donors (Lipinski definition) is 1. The van der Waals surface area contributed by atoms with E-state index in [1.54, 1.807) is 18.5 Å². The molecule has 4 nitrogen and oxygen atoms in total. The summed E-state index contributed by atoms with van der Waals surface area (Å²) in [6.07, 6.45) is 3.24. The van der Waals surface area contributed by atoms with Crippen LogP contribution in [0, 0.1) is 12.7 Å². The van der Waals surface area contributed by atoms with Gasteiger partial charge in [0.1, 0.15) is 11.6 Å². The summed E-state index contributed by atoms with van der Waals surface area (Å²) >= 11 is 0. The van der Waals surface area contributed by atoms with Crippen LogP contribution >= 0.6 is 0 Å². The fourth-order valence-corrected chi connectivity index (χ4v) is 1.11. The molecule has 0 radical (unpaired) electrons. The predicted molar refractivity (Wildman–Crippen MR) is 57.7 cm³/mol. The van der Waals surface area contributed by atoms with Gasteiger partial charge in [0.15, 0.2) is 0 Å². The minimum Gasteiger partial charge on any atom is -0.424 e. The molecular formula is C11H10FN3O. The van der Waals surface area contributed by atoms with Crippen LogP contribution < -0.4 is 10.5 Å². The first kappa shape index (κ1) is 10.4. The third-order valence-electron chi connectivity index (χ3n) is 1.94. The van der Waals surface area contributed by atoms with Gasteiger partial charge in [-0.2, -0.15) is 0 Å². The summed E-state index contributed by atoms with van der Waals surface area (Å²) < 4.78 is 18.4. The molecule has 82 valence electrons. The van der Waals surface area contributed by atoms with E-state index in [1.807, 2.05) is 6.92 Å². The molecule has 0 unspecified atom stereocenters. The standard InChI is InChI=1S/C11H10FN3O/c1-7-5-14-11(15-6-7)16-8-2-3-10(13)9(12)4-8/h2-6H,13H2,1H3. The van der Waals surface area contributed by atoms with Crippen LogP contribution in [-0.2, 0) is 0 Å². The van der Waals surface area contributed by atoms with E-state index in [0.717, 1.165) is 5.56 Å². The molecule has 0 saturated carbocycles. The van der Waals surface area contributed by atoms with Crippen LogP contribution in [0.3, 0.4) is 0 Å². The van der Waals surface area contributed by atoms with E-state index in [2.05, 4.69) is 9.97 Å². The van der Waals surface area contributed by atoms with E-state index < -0.39 is 5.82 Å². The minimum atomic E-state index is -0.524. The molecule has 0 bridgehead atoms. The second-order valence-electron chi connectivity index (χ2n) is 3.33. The highest BCUT2D eigenvalue weighted by Crippen LogP contribution is 2.21. The smallest absolute Gasteiger partial charge is 0.321 e. The zero-order valence-corrected chi connectivity index (χ0v) is 8.64. The molecular weight excluding hydrogens is 209 g/mol. The molecule has 2 N–H and O–H groups in total. The monoisotopic (exact) mass is 219 g/mol. The number of halogens is 1. The molecule has 0 amide bonds. The Hall–Kier alpha value is -2.17. The summed E-state index contributed by atoms with van der Waals surface area (Å²) in [5.41, 5.74) is 6.35. The first-order valence-corrected chi connectivity index (χ1v) is 4.66. The summed E-state index contributed by atoms with van der Waals surface area (Å²) in [5, 5.41) is 0. The van der Waals surface area contributed by atoms with Crippen LogP contribution in [0.1, 0.15) is 5.56 Å². The summed E-state index contributed by atoms with van der Waals surface area (Å²) in [4.78, 5) is 7.88. The fourth-order valence-electron chi connectivity index (χ4n) is 1.11. The Kier molecular flexibility index (Phi) is 2.68. The molecule has 1 aromatic carbocycles. The molecule has 2 rings (SSSR count). The third kappa shape index (κ3) is 2.25. The van der Waals surface area contributed by atoms with Gasteiger partial charge in [-0.25, -0.2) is 14.4 Å². The van der Waals surface area contributed by atoms with Gasteiger partial charge in [-0.05, 0) is 24.6 Å². The van der Waals surface area contributed by atoms with Crippen molar-refractivity contribution in [2.45, 2.75) is 6.92 Å². The SMILES string of the molecule is Cc1cnc(Oc2ccc(N)c(F)c2)nc1. The van der Waals surface area contributed by atoms with Crippen molar-refractivity contribution in [3.8, 4) is 11.8 Å². The van der Waals surface area contributed by atoms with Crippen molar-refractivity contribution in [2.75, 3.05) is 5.73 Å². The predicted octanol–water partition coefficient (Wildman–Crippen LogP) is 2.30. The van der Waals surface area contributed by atoms with Crippen molar-refractivity contribution in [1.82, 2.24) is 9.97 Å². The van der Waals surface area contributed by atoms with E-state index in [1.165, 1.54) is 12.1 Å². The molecule has 0 spiro atoms. The van der Waals surface area contributed by atoms with Crippen LogP contribution in [0.2, 0.25) is 0 Å². The first-order chi connectivity index (χ1) is 7.65. The summed E-state index contributed by atoms with van der Waals surface area (Å²) in [6, 6.07) is 4.36. The zero-order chi connectivity index (χ0) is 11.5. The highest BCUT2D eigenvalue weighted by atomic mass is 19.1. The first-order valence-electron chi connectivity index (χ1n) is 4.66. The zero-order valence-electron chi connectivity index (χ0n) is 8.64. The lowest BCUT2D eigenvalue weighted by Crippen LogP contribution is -1.94. The van der Waals surface area contributed by atoms with Gasteiger partial charge in [-0.3, -0.25) is 0 Å². The Morgan fingerprint density at radius 1 is 1.25 bits per heavy atom. The molecule has 0 saturated heterocycles. The summed E-state index contributed by atoms with van der Waals surface area (Å²) in [6.45, 7) is 1.87. The average Bonchev–Trinajstić information content (AvgIpc) is 2.27. The molecule has 1 aromatic heterocycles. The number of nitrogens with two attached hydrogens (primary N) is 1. The van der Waals surface area contributed by atoms with E-state index in [4.69, 9.17) is 10.5 Å². The lowest BCUT2D eigenvalue weighted by atomic mass is 10.3. The Balaban J connectivity index is 2.20. The van der Waals surface area contributed by atoms with Gasteiger partial charge in [0, 0.05) is 18.5 Å². The van der Waals surface area contributed by atoms with Crippen LogP contribution in [-0.4, -0.2) is 9.97 Å². The average molecular weight is 219 g/mol. The van der Waals surface area contributed by atoms with Gasteiger partial charge < -0.3 is 10.5 Å².